The molecule has 1 saturated heterocycles. The van der Waals surface area contributed by atoms with Crippen molar-refractivity contribution in [3.05, 3.63) is 24.3 Å². The van der Waals surface area contributed by atoms with Crippen molar-refractivity contribution in [2.75, 3.05) is 6.61 Å². The van der Waals surface area contributed by atoms with E-state index in [9.17, 15) is 0 Å². The van der Waals surface area contributed by atoms with Crippen LogP contribution in [0.2, 0.25) is 0 Å². The maximum absolute atomic E-state index is 6.48. The highest BCUT2D eigenvalue weighted by Gasteiger charge is 2.59. The number of fused-ring (bicyclic) bond motifs is 5. The van der Waals surface area contributed by atoms with Crippen LogP contribution < -0.4 is 5.73 Å². The van der Waals surface area contributed by atoms with E-state index < -0.39 is 0 Å². The Labute approximate surface area is 122 Å². The van der Waals surface area contributed by atoms with Crippen LogP contribution in [0, 0.1) is 28.6 Å². The largest absolute Gasteiger partial charge is 0.376 e. The Hall–Kier alpha value is -0.600. The first-order valence-electron chi connectivity index (χ1n) is 8.29. The zero-order valence-electron chi connectivity index (χ0n) is 12.7. The van der Waals surface area contributed by atoms with E-state index in [2.05, 4.69) is 38.2 Å². The fraction of sp³-hybridized carbons (Fsp3) is 0.778. The van der Waals surface area contributed by atoms with Gasteiger partial charge in [0.2, 0.25) is 0 Å². The van der Waals surface area contributed by atoms with E-state index in [1.165, 1.54) is 25.7 Å². The van der Waals surface area contributed by atoms with Crippen molar-refractivity contribution in [1.82, 2.24) is 0 Å². The minimum absolute atomic E-state index is 0.200. The molecule has 0 spiro atoms. The molecule has 0 bridgehead atoms. The van der Waals surface area contributed by atoms with Gasteiger partial charge in [0.25, 0.3) is 0 Å². The van der Waals surface area contributed by atoms with Gasteiger partial charge in [0.15, 0.2) is 0 Å². The van der Waals surface area contributed by atoms with Crippen molar-refractivity contribution in [3.8, 4) is 0 Å². The normalized spacial score (nSPS) is 57.0. The Bertz CT molecular complexity index is 470. The van der Waals surface area contributed by atoms with Gasteiger partial charge < -0.3 is 10.5 Å². The van der Waals surface area contributed by atoms with Gasteiger partial charge in [0, 0.05) is 16.9 Å². The van der Waals surface area contributed by atoms with Gasteiger partial charge in [0.05, 0.1) is 12.7 Å². The summed E-state index contributed by atoms with van der Waals surface area (Å²) in [4.78, 5) is 0. The highest BCUT2D eigenvalue weighted by Crippen LogP contribution is 2.59. The number of hydrogen-bond donors (Lipinski definition) is 1. The highest BCUT2D eigenvalue weighted by molar-refractivity contribution is 5.24. The Morgan fingerprint density at radius 1 is 1.10 bits per heavy atom. The third-order valence-corrected chi connectivity index (χ3v) is 7.10. The molecule has 0 aromatic carbocycles. The third-order valence-electron chi connectivity index (χ3n) is 7.10. The number of ether oxygens (including phenoxy) is 1. The second kappa shape index (κ2) is 4.20. The Morgan fingerprint density at radius 3 is 2.80 bits per heavy atom. The number of nitrogens with two attached hydrogens (primary N) is 1. The molecule has 20 heavy (non-hydrogen) atoms. The molecule has 1 aliphatic heterocycles. The smallest absolute Gasteiger partial charge is 0.0700 e. The lowest BCUT2D eigenvalue weighted by molar-refractivity contribution is -0.185. The molecule has 4 rings (SSSR count). The number of hydrogen-bond acceptors (Lipinski definition) is 2. The summed E-state index contributed by atoms with van der Waals surface area (Å²) in [5.74, 6) is 2.14. The number of rotatable bonds is 0. The summed E-state index contributed by atoms with van der Waals surface area (Å²) in [5.41, 5.74) is 6.83. The summed E-state index contributed by atoms with van der Waals surface area (Å²) >= 11 is 0. The molecule has 0 amide bonds. The van der Waals surface area contributed by atoms with Crippen LogP contribution in [0.15, 0.2) is 24.3 Å². The molecule has 2 unspecified atom stereocenters. The standard InChI is InChI=1S/C18H27NO/c1-17-10-4-3-5-12(17)6-7-13-14-8-9-15(19)18(14,2)11-20-16(13)17/h3-5,10,12-16H,6-9,11,19H2,1-2H3/t12?,13-,14-,15?,16+,17-,18-/m0/s1. The average Bonchev–Trinajstić information content (AvgIpc) is 2.74. The molecule has 0 aromatic heterocycles. The molecule has 3 aliphatic carbocycles. The molecule has 2 heteroatoms. The number of allylic oxidation sites excluding steroid dienone is 3. The fourth-order valence-electron chi connectivity index (χ4n) is 5.69. The molecule has 2 saturated carbocycles. The molecule has 4 aliphatic rings. The first-order valence-corrected chi connectivity index (χ1v) is 8.29. The van der Waals surface area contributed by atoms with E-state index in [0.717, 1.165) is 12.5 Å². The molecule has 0 aromatic rings. The van der Waals surface area contributed by atoms with Crippen LogP contribution in [0.1, 0.15) is 39.5 Å². The zero-order chi connectivity index (χ0) is 14.0. The van der Waals surface area contributed by atoms with Gasteiger partial charge in [-0.25, -0.2) is 0 Å². The lowest BCUT2D eigenvalue weighted by atomic mass is 9.54. The van der Waals surface area contributed by atoms with E-state index in [1.54, 1.807) is 0 Å². The zero-order valence-corrected chi connectivity index (χ0v) is 12.7. The maximum Gasteiger partial charge on any atom is 0.0700 e. The summed E-state index contributed by atoms with van der Waals surface area (Å²) in [6.45, 7) is 5.64. The van der Waals surface area contributed by atoms with E-state index in [-0.39, 0.29) is 10.8 Å². The van der Waals surface area contributed by atoms with Gasteiger partial charge in [-0.05, 0) is 43.4 Å². The summed E-state index contributed by atoms with van der Waals surface area (Å²) in [6, 6.07) is 0.334. The van der Waals surface area contributed by atoms with E-state index in [0.29, 0.717) is 24.0 Å². The molecule has 1 heterocycles. The molecule has 3 fully saturated rings. The monoisotopic (exact) mass is 273 g/mol. The summed E-state index contributed by atoms with van der Waals surface area (Å²) in [7, 11) is 0. The van der Waals surface area contributed by atoms with Gasteiger partial charge in [-0.15, -0.1) is 0 Å². The van der Waals surface area contributed by atoms with Crippen molar-refractivity contribution in [2.24, 2.45) is 34.3 Å². The summed E-state index contributed by atoms with van der Waals surface area (Å²) < 4.78 is 6.48. The second-order valence-corrected chi connectivity index (χ2v) is 7.99. The lowest BCUT2D eigenvalue weighted by Crippen LogP contribution is -2.59. The Kier molecular flexibility index (Phi) is 2.75. The van der Waals surface area contributed by atoms with Gasteiger partial charge in [0.1, 0.15) is 0 Å². The van der Waals surface area contributed by atoms with Crippen LogP contribution in [0.3, 0.4) is 0 Å². The molecule has 2 nitrogen and oxygen atoms in total. The second-order valence-electron chi connectivity index (χ2n) is 7.99. The Balaban J connectivity index is 1.68. The molecular formula is C18H27NO. The van der Waals surface area contributed by atoms with E-state index in [1.807, 2.05) is 0 Å². The van der Waals surface area contributed by atoms with Crippen molar-refractivity contribution in [2.45, 2.75) is 51.7 Å². The van der Waals surface area contributed by atoms with Crippen LogP contribution in [0.4, 0.5) is 0 Å². The van der Waals surface area contributed by atoms with Crippen molar-refractivity contribution in [1.29, 1.82) is 0 Å². The van der Waals surface area contributed by atoms with Crippen LogP contribution in [0.25, 0.3) is 0 Å². The van der Waals surface area contributed by atoms with Crippen LogP contribution in [-0.4, -0.2) is 18.8 Å². The van der Waals surface area contributed by atoms with Gasteiger partial charge in [-0.2, -0.15) is 0 Å². The van der Waals surface area contributed by atoms with Crippen LogP contribution in [0.5, 0.6) is 0 Å². The average molecular weight is 273 g/mol. The van der Waals surface area contributed by atoms with Crippen LogP contribution in [-0.2, 0) is 4.74 Å². The summed E-state index contributed by atoms with van der Waals surface area (Å²) in [6.07, 6.45) is 14.7. The highest BCUT2D eigenvalue weighted by atomic mass is 16.5. The summed E-state index contributed by atoms with van der Waals surface area (Å²) in [5, 5.41) is 0. The SMILES string of the molecule is C[C@]12C=CC=CC1CC[C@@H]1[C@H]2OC[C@]2(C)C(N)CC[C@@H]12. The minimum atomic E-state index is 0.200. The fourth-order valence-corrected chi connectivity index (χ4v) is 5.69. The quantitative estimate of drug-likeness (QED) is 0.735. The van der Waals surface area contributed by atoms with Crippen LogP contribution >= 0.6 is 0 Å². The van der Waals surface area contributed by atoms with E-state index >= 15 is 0 Å². The third kappa shape index (κ3) is 1.52. The lowest BCUT2D eigenvalue weighted by Gasteiger charge is -2.57. The molecule has 0 radical (unpaired) electrons. The van der Waals surface area contributed by atoms with E-state index in [4.69, 9.17) is 10.5 Å². The topological polar surface area (TPSA) is 35.2 Å². The predicted molar refractivity (Wildman–Crippen MR) is 81.1 cm³/mol. The van der Waals surface area contributed by atoms with Crippen molar-refractivity contribution < 1.29 is 4.74 Å². The first-order chi connectivity index (χ1) is 9.56. The molecular weight excluding hydrogens is 246 g/mol. The van der Waals surface area contributed by atoms with Gasteiger partial charge in [-0.1, -0.05) is 38.2 Å². The van der Waals surface area contributed by atoms with Crippen molar-refractivity contribution in [3.63, 3.8) is 0 Å². The minimum Gasteiger partial charge on any atom is -0.376 e. The molecule has 7 atom stereocenters. The molecule has 2 N–H and O–H groups in total. The van der Waals surface area contributed by atoms with Gasteiger partial charge in [-0.3, -0.25) is 0 Å². The van der Waals surface area contributed by atoms with Crippen molar-refractivity contribution >= 4 is 0 Å². The first kappa shape index (κ1) is 13.1. The molecule has 110 valence electrons. The Morgan fingerprint density at radius 2 is 1.95 bits per heavy atom. The van der Waals surface area contributed by atoms with Gasteiger partial charge >= 0.3 is 0 Å². The predicted octanol–water partition coefficient (Wildman–Crippen LogP) is 3.29. The maximum atomic E-state index is 6.48.